The van der Waals surface area contributed by atoms with Gasteiger partial charge in [0.15, 0.2) is 0 Å². The minimum Gasteiger partial charge on any atom is -0.0836 e. The van der Waals surface area contributed by atoms with Gasteiger partial charge in [-0.05, 0) is 147 Å². The van der Waals surface area contributed by atoms with Crippen molar-refractivity contribution in [2.24, 2.45) is 0 Å². The third kappa shape index (κ3) is 4.49. The molecule has 0 N–H and O–H groups in total. The van der Waals surface area contributed by atoms with Crippen LogP contribution in [0.1, 0.15) is 42.5 Å². The van der Waals surface area contributed by atoms with E-state index in [9.17, 15) is 0 Å². The van der Waals surface area contributed by atoms with Crippen LogP contribution in [-0.4, -0.2) is 0 Å². The van der Waals surface area contributed by atoms with Crippen LogP contribution in [0.2, 0.25) is 0 Å². The van der Waals surface area contributed by atoms with E-state index in [1.54, 1.807) is 0 Å². The van der Waals surface area contributed by atoms with Gasteiger partial charge in [-0.1, -0.05) is 159 Å². The van der Waals surface area contributed by atoms with Crippen molar-refractivity contribution in [1.29, 1.82) is 0 Å². The zero-order valence-electron chi connectivity index (χ0n) is 30.1. The van der Waals surface area contributed by atoms with E-state index in [4.69, 9.17) is 0 Å². The molecule has 0 amide bonds. The third-order valence-electron chi connectivity index (χ3n) is 12.3. The molecule has 0 saturated carbocycles. The highest BCUT2D eigenvalue weighted by Gasteiger charge is 2.35. The Morgan fingerprint density at radius 2 is 1.06 bits per heavy atom. The van der Waals surface area contributed by atoms with Crippen LogP contribution in [0.3, 0.4) is 0 Å². The van der Waals surface area contributed by atoms with Crippen LogP contribution in [0.25, 0.3) is 93.7 Å². The van der Waals surface area contributed by atoms with E-state index < -0.39 is 0 Å². The first kappa shape index (κ1) is 30.4. The van der Waals surface area contributed by atoms with E-state index in [-0.39, 0.29) is 5.41 Å². The van der Waals surface area contributed by atoms with Crippen molar-refractivity contribution in [2.45, 2.75) is 32.1 Å². The third-order valence-corrected chi connectivity index (χ3v) is 12.3. The second-order valence-electron chi connectivity index (χ2n) is 15.5. The lowest BCUT2D eigenvalue weighted by atomic mass is 9.79. The van der Waals surface area contributed by atoms with Crippen LogP contribution in [-0.2, 0) is 11.8 Å². The van der Waals surface area contributed by atoms with Gasteiger partial charge in [0.05, 0.1) is 0 Å². The minimum absolute atomic E-state index is 0.0819. The topological polar surface area (TPSA) is 0 Å². The van der Waals surface area contributed by atoms with Gasteiger partial charge >= 0.3 is 0 Å². The van der Waals surface area contributed by atoms with Crippen molar-refractivity contribution < 1.29 is 0 Å². The molecule has 0 spiro atoms. The maximum Gasteiger partial charge on any atom is 0.0159 e. The van der Waals surface area contributed by atoms with E-state index >= 15 is 0 Å². The summed E-state index contributed by atoms with van der Waals surface area (Å²) in [5.74, 6) is 0. The summed E-state index contributed by atoms with van der Waals surface area (Å²) in [4.78, 5) is 0. The van der Waals surface area contributed by atoms with E-state index in [1.807, 2.05) is 0 Å². The highest BCUT2D eigenvalue weighted by atomic mass is 14.4. The minimum atomic E-state index is -0.0819. The molecular weight excluding hydrogens is 637 g/mol. The fraction of sp³-hybridized carbons (Fsp3) is 0.0943. The van der Waals surface area contributed by atoms with Crippen molar-refractivity contribution in [2.75, 3.05) is 0 Å². The van der Waals surface area contributed by atoms with Crippen molar-refractivity contribution >= 4 is 49.2 Å². The molecule has 2 aliphatic rings. The maximum atomic E-state index is 2.50. The van der Waals surface area contributed by atoms with E-state index in [0.29, 0.717) is 0 Å². The van der Waals surface area contributed by atoms with Crippen LogP contribution in [0.4, 0.5) is 0 Å². The molecule has 0 atom stereocenters. The van der Waals surface area contributed by atoms with Gasteiger partial charge in [-0.2, -0.15) is 0 Å². The molecule has 11 rings (SSSR count). The summed E-state index contributed by atoms with van der Waals surface area (Å²) in [6.45, 7) is 4.77. The van der Waals surface area contributed by atoms with Crippen LogP contribution >= 0.6 is 0 Å². The summed E-state index contributed by atoms with van der Waals surface area (Å²) in [5.41, 5.74) is 16.0. The highest BCUT2D eigenvalue weighted by molar-refractivity contribution is 6.23. The largest absolute Gasteiger partial charge is 0.0836 e. The lowest BCUT2D eigenvalue weighted by Crippen LogP contribution is -2.14. The van der Waals surface area contributed by atoms with Crippen LogP contribution in [0.15, 0.2) is 164 Å². The molecular formula is C53H38. The molecule has 0 bridgehead atoms. The van der Waals surface area contributed by atoms with Crippen molar-refractivity contribution in [3.63, 3.8) is 0 Å². The molecule has 0 aromatic heterocycles. The SMILES string of the molecule is CC1(C)c2ccccc2-c2ccc(-c3c4ccccc4c(-c4cc5ccccc5c5c4CCC=C5)c4ccc(-c5ccc6ccccc6c5)cc34)cc21. The zero-order chi connectivity index (χ0) is 35.3. The smallest absolute Gasteiger partial charge is 0.0159 e. The Bertz CT molecular complexity index is 3020. The number of benzene rings is 9. The molecule has 9 aromatic rings. The van der Waals surface area contributed by atoms with E-state index in [0.717, 1.165) is 12.8 Å². The number of allylic oxidation sites excluding steroid dienone is 1. The van der Waals surface area contributed by atoms with Gasteiger partial charge in [-0.3, -0.25) is 0 Å². The Labute approximate surface area is 310 Å². The summed E-state index contributed by atoms with van der Waals surface area (Å²) in [5, 5.41) is 10.4. The summed E-state index contributed by atoms with van der Waals surface area (Å²) in [7, 11) is 0. The first-order valence-electron chi connectivity index (χ1n) is 19.0. The fourth-order valence-corrected chi connectivity index (χ4v) is 9.72. The Hall–Kier alpha value is -6.24. The molecule has 250 valence electrons. The molecule has 0 unspecified atom stereocenters. The molecule has 53 heavy (non-hydrogen) atoms. The number of hydrogen-bond donors (Lipinski definition) is 0. The lowest BCUT2D eigenvalue weighted by Gasteiger charge is -2.24. The summed E-state index contributed by atoms with van der Waals surface area (Å²) >= 11 is 0. The molecule has 0 heterocycles. The summed E-state index contributed by atoms with van der Waals surface area (Å²) in [6.07, 6.45) is 6.82. The second-order valence-corrected chi connectivity index (χ2v) is 15.5. The molecule has 0 radical (unpaired) electrons. The van der Waals surface area contributed by atoms with Gasteiger partial charge in [0.25, 0.3) is 0 Å². The number of hydrogen-bond acceptors (Lipinski definition) is 0. The van der Waals surface area contributed by atoms with Crippen LogP contribution in [0, 0.1) is 0 Å². The van der Waals surface area contributed by atoms with Gasteiger partial charge in [-0.25, -0.2) is 0 Å². The van der Waals surface area contributed by atoms with E-state index in [1.165, 1.54) is 110 Å². The van der Waals surface area contributed by atoms with Gasteiger partial charge in [0, 0.05) is 5.41 Å². The number of rotatable bonds is 3. The van der Waals surface area contributed by atoms with Gasteiger partial charge in [0.2, 0.25) is 0 Å². The van der Waals surface area contributed by atoms with Gasteiger partial charge in [0.1, 0.15) is 0 Å². The Kier molecular flexibility index (Phi) is 6.53. The second kappa shape index (κ2) is 11.4. The Morgan fingerprint density at radius 1 is 0.415 bits per heavy atom. The van der Waals surface area contributed by atoms with Crippen LogP contribution in [0.5, 0.6) is 0 Å². The van der Waals surface area contributed by atoms with Crippen molar-refractivity contribution in [3.8, 4) is 44.5 Å². The van der Waals surface area contributed by atoms with Gasteiger partial charge < -0.3 is 0 Å². The maximum absolute atomic E-state index is 2.50. The standard InChI is InChI=1S/C53H38/c1-53(2)49-22-12-11-19-42(49)43-27-26-38(32-50(43)53)51-44-20-9-10-21-45(44)52(47-31-37-15-5-6-16-39(37)40-17-7-8-18-41(40)47)46-28-25-36(30-48(46)51)35-24-23-33-13-3-4-14-34(33)29-35/h3-7,9-17,19-32H,8,18H2,1-2H3. The average molecular weight is 675 g/mol. The normalized spacial score (nSPS) is 14.2. The lowest BCUT2D eigenvalue weighted by molar-refractivity contribution is 0.660. The van der Waals surface area contributed by atoms with Crippen molar-refractivity contribution in [3.05, 3.63) is 186 Å². The van der Waals surface area contributed by atoms with Crippen LogP contribution < -0.4 is 0 Å². The molecule has 2 aliphatic carbocycles. The Balaban J connectivity index is 1.25. The molecule has 0 saturated heterocycles. The summed E-state index contributed by atoms with van der Waals surface area (Å²) < 4.78 is 0. The highest BCUT2D eigenvalue weighted by Crippen LogP contribution is 2.52. The Morgan fingerprint density at radius 3 is 1.92 bits per heavy atom. The molecule has 0 heteroatoms. The molecule has 0 aliphatic heterocycles. The molecule has 0 fully saturated rings. The predicted molar refractivity (Wildman–Crippen MR) is 228 cm³/mol. The molecule has 0 nitrogen and oxygen atoms in total. The number of fused-ring (bicyclic) bond motifs is 9. The molecule has 9 aromatic carbocycles. The van der Waals surface area contributed by atoms with Crippen molar-refractivity contribution in [1.82, 2.24) is 0 Å². The fourth-order valence-electron chi connectivity index (χ4n) is 9.72. The predicted octanol–water partition coefficient (Wildman–Crippen LogP) is 14.6. The van der Waals surface area contributed by atoms with E-state index in [2.05, 4.69) is 184 Å². The van der Waals surface area contributed by atoms with Gasteiger partial charge in [-0.15, -0.1) is 0 Å². The monoisotopic (exact) mass is 674 g/mol. The zero-order valence-corrected chi connectivity index (χ0v) is 30.1. The quantitative estimate of drug-likeness (QED) is 0.164. The first-order valence-corrected chi connectivity index (χ1v) is 19.0. The summed E-state index contributed by atoms with van der Waals surface area (Å²) in [6, 6.07) is 59.6. The first-order chi connectivity index (χ1) is 26.0. The average Bonchev–Trinajstić information content (AvgIpc) is 3.44.